The molecule has 2 N–H and O–H groups in total. The quantitative estimate of drug-likeness (QED) is 0.484. The number of nitrogens with zero attached hydrogens (tertiary/aromatic N) is 1. The van der Waals surface area contributed by atoms with Gasteiger partial charge in [0.2, 0.25) is 5.91 Å². The zero-order valence-corrected chi connectivity index (χ0v) is 13.8. The minimum atomic E-state index is -0.229. The Bertz CT molecular complexity index is 464. The van der Waals surface area contributed by atoms with E-state index in [0.717, 1.165) is 24.3 Å². The molecule has 0 unspecified atom stereocenters. The van der Waals surface area contributed by atoms with Crippen molar-refractivity contribution in [3.8, 4) is 5.75 Å². The molecule has 0 spiro atoms. The van der Waals surface area contributed by atoms with E-state index < -0.39 is 0 Å². The predicted molar refractivity (Wildman–Crippen MR) is 91.2 cm³/mol. The second kappa shape index (κ2) is 11.7. The standard InChI is InChI=1S/C18H27NO4/c1-2-3-4-15-23-17-8-5-16(6-9-17)7-10-18(22)19(11-13-20)12-14-21/h5-10,20-21H,2-4,11-15H2,1H3. The highest BCUT2D eigenvalue weighted by atomic mass is 16.5. The molecule has 0 saturated heterocycles. The average Bonchev–Trinajstić information content (AvgIpc) is 2.57. The van der Waals surface area contributed by atoms with E-state index in [-0.39, 0.29) is 32.2 Å². The van der Waals surface area contributed by atoms with E-state index in [1.807, 2.05) is 24.3 Å². The van der Waals surface area contributed by atoms with Crippen molar-refractivity contribution in [2.75, 3.05) is 32.9 Å². The minimum absolute atomic E-state index is 0.121. The lowest BCUT2D eigenvalue weighted by Gasteiger charge is -2.18. The first-order chi connectivity index (χ1) is 11.2. The molecule has 0 fully saturated rings. The fourth-order valence-corrected chi connectivity index (χ4v) is 2.06. The van der Waals surface area contributed by atoms with E-state index in [1.54, 1.807) is 6.08 Å². The van der Waals surface area contributed by atoms with Crippen LogP contribution in [-0.4, -0.2) is 53.9 Å². The summed E-state index contributed by atoms with van der Waals surface area (Å²) < 4.78 is 5.64. The van der Waals surface area contributed by atoms with Crippen LogP contribution in [0.4, 0.5) is 0 Å². The van der Waals surface area contributed by atoms with Gasteiger partial charge in [0.1, 0.15) is 5.75 Å². The Hall–Kier alpha value is -1.85. The number of unbranched alkanes of at least 4 members (excludes halogenated alkanes) is 2. The first-order valence-electron chi connectivity index (χ1n) is 8.12. The monoisotopic (exact) mass is 321 g/mol. The number of hydrogen-bond donors (Lipinski definition) is 2. The molecule has 5 nitrogen and oxygen atoms in total. The summed E-state index contributed by atoms with van der Waals surface area (Å²) in [6.07, 6.45) is 6.55. The summed E-state index contributed by atoms with van der Waals surface area (Å²) in [6.45, 7) is 3.07. The van der Waals surface area contributed by atoms with Crippen LogP contribution >= 0.6 is 0 Å². The van der Waals surface area contributed by atoms with Crippen molar-refractivity contribution in [2.45, 2.75) is 26.2 Å². The molecule has 128 valence electrons. The van der Waals surface area contributed by atoms with Crippen molar-refractivity contribution < 1.29 is 19.7 Å². The minimum Gasteiger partial charge on any atom is -0.494 e. The van der Waals surface area contributed by atoms with Gasteiger partial charge in [0.15, 0.2) is 0 Å². The molecule has 1 rings (SSSR count). The number of carbonyl (C=O) groups is 1. The van der Waals surface area contributed by atoms with Gasteiger partial charge in [0.25, 0.3) is 0 Å². The largest absolute Gasteiger partial charge is 0.494 e. The summed E-state index contributed by atoms with van der Waals surface area (Å²) in [4.78, 5) is 13.4. The van der Waals surface area contributed by atoms with Crippen LogP contribution in [0.3, 0.4) is 0 Å². The van der Waals surface area contributed by atoms with Gasteiger partial charge in [-0.2, -0.15) is 0 Å². The Balaban J connectivity index is 2.51. The SMILES string of the molecule is CCCCCOc1ccc(C=CC(=O)N(CCO)CCO)cc1. The second-order valence-corrected chi connectivity index (χ2v) is 5.23. The Morgan fingerprint density at radius 3 is 2.35 bits per heavy atom. The number of amides is 1. The highest BCUT2D eigenvalue weighted by Gasteiger charge is 2.08. The molecule has 23 heavy (non-hydrogen) atoms. The van der Waals surface area contributed by atoms with Gasteiger partial charge in [0.05, 0.1) is 19.8 Å². The molecule has 1 aromatic carbocycles. The molecule has 0 aromatic heterocycles. The Morgan fingerprint density at radius 2 is 1.78 bits per heavy atom. The maximum atomic E-state index is 12.0. The lowest BCUT2D eigenvalue weighted by atomic mass is 10.2. The Kier molecular flexibility index (Phi) is 9.75. The van der Waals surface area contributed by atoms with Crippen LogP contribution in [0.2, 0.25) is 0 Å². The molecule has 5 heteroatoms. The van der Waals surface area contributed by atoms with E-state index in [0.29, 0.717) is 0 Å². The van der Waals surface area contributed by atoms with E-state index in [4.69, 9.17) is 14.9 Å². The maximum absolute atomic E-state index is 12.0. The third-order valence-corrected chi connectivity index (χ3v) is 3.37. The molecule has 0 saturated carbocycles. The van der Waals surface area contributed by atoms with E-state index in [9.17, 15) is 4.79 Å². The van der Waals surface area contributed by atoms with Crippen LogP contribution in [0.25, 0.3) is 6.08 Å². The summed E-state index contributed by atoms with van der Waals surface area (Å²) >= 11 is 0. The molecule has 0 heterocycles. The Morgan fingerprint density at radius 1 is 1.13 bits per heavy atom. The highest BCUT2D eigenvalue weighted by molar-refractivity contribution is 5.91. The third-order valence-electron chi connectivity index (χ3n) is 3.37. The van der Waals surface area contributed by atoms with Crippen LogP contribution in [0, 0.1) is 0 Å². The molecule has 0 aliphatic heterocycles. The summed E-state index contributed by atoms with van der Waals surface area (Å²) in [6, 6.07) is 7.55. The van der Waals surface area contributed by atoms with Crippen molar-refractivity contribution in [1.82, 2.24) is 4.90 Å². The normalized spacial score (nSPS) is 10.9. The van der Waals surface area contributed by atoms with Crippen LogP contribution in [-0.2, 0) is 4.79 Å². The number of benzene rings is 1. The third kappa shape index (κ3) is 7.81. The van der Waals surface area contributed by atoms with Gasteiger partial charge in [-0.25, -0.2) is 0 Å². The van der Waals surface area contributed by atoms with Crippen molar-refractivity contribution >= 4 is 12.0 Å². The van der Waals surface area contributed by atoms with Gasteiger partial charge in [-0.1, -0.05) is 31.9 Å². The Labute approximate surface area is 138 Å². The van der Waals surface area contributed by atoms with Crippen LogP contribution in [0.5, 0.6) is 5.75 Å². The van der Waals surface area contributed by atoms with Crippen molar-refractivity contribution in [3.05, 3.63) is 35.9 Å². The number of rotatable bonds is 11. The molecule has 0 aliphatic rings. The molecular weight excluding hydrogens is 294 g/mol. The first kappa shape index (κ1) is 19.2. The smallest absolute Gasteiger partial charge is 0.246 e. The maximum Gasteiger partial charge on any atom is 0.246 e. The summed E-state index contributed by atoms with van der Waals surface area (Å²) in [7, 11) is 0. The molecule has 0 atom stereocenters. The van der Waals surface area contributed by atoms with Crippen molar-refractivity contribution in [2.24, 2.45) is 0 Å². The van der Waals surface area contributed by atoms with Gasteiger partial charge in [-0.05, 0) is 30.2 Å². The topological polar surface area (TPSA) is 70.0 Å². The number of aliphatic hydroxyl groups is 2. The van der Waals surface area contributed by atoms with Crippen LogP contribution in [0.1, 0.15) is 31.7 Å². The summed E-state index contributed by atoms with van der Waals surface area (Å²) in [5.41, 5.74) is 0.896. The number of ether oxygens (including phenoxy) is 1. The molecule has 1 amide bonds. The predicted octanol–water partition coefficient (Wildman–Crippen LogP) is 2.08. The van der Waals surface area contributed by atoms with E-state index in [1.165, 1.54) is 23.8 Å². The lowest BCUT2D eigenvalue weighted by Crippen LogP contribution is -2.34. The molecule has 0 aliphatic carbocycles. The van der Waals surface area contributed by atoms with Crippen LogP contribution in [0.15, 0.2) is 30.3 Å². The van der Waals surface area contributed by atoms with E-state index >= 15 is 0 Å². The number of carbonyl (C=O) groups excluding carboxylic acids is 1. The number of aliphatic hydroxyl groups excluding tert-OH is 2. The number of hydrogen-bond acceptors (Lipinski definition) is 4. The fourth-order valence-electron chi connectivity index (χ4n) is 2.06. The molecule has 0 radical (unpaired) electrons. The molecule has 1 aromatic rings. The summed E-state index contributed by atoms with van der Waals surface area (Å²) in [5, 5.41) is 17.8. The molecule has 0 bridgehead atoms. The first-order valence-corrected chi connectivity index (χ1v) is 8.12. The molecular formula is C18H27NO4. The highest BCUT2D eigenvalue weighted by Crippen LogP contribution is 2.14. The van der Waals surface area contributed by atoms with Gasteiger partial charge < -0.3 is 19.8 Å². The van der Waals surface area contributed by atoms with Crippen molar-refractivity contribution in [3.63, 3.8) is 0 Å². The second-order valence-electron chi connectivity index (χ2n) is 5.23. The van der Waals surface area contributed by atoms with Gasteiger partial charge in [-0.3, -0.25) is 4.79 Å². The zero-order valence-electron chi connectivity index (χ0n) is 13.8. The fraction of sp³-hybridized carbons (Fsp3) is 0.500. The van der Waals surface area contributed by atoms with Gasteiger partial charge in [0, 0.05) is 19.2 Å². The van der Waals surface area contributed by atoms with E-state index in [2.05, 4.69) is 6.92 Å². The van der Waals surface area contributed by atoms with Gasteiger partial charge in [-0.15, -0.1) is 0 Å². The van der Waals surface area contributed by atoms with Gasteiger partial charge >= 0.3 is 0 Å². The lowest BCUT2D eigenvalue weighted by molar-refractivity contribution is -0.126. The van der Waals surface area contributed by atoms with Crippen molar-refractivity contribution in [1.29, 1.82) is 0 Å². The van der Waals surface area contributed by atoms with Crippen LogP contribution < -0.4 is 4.74 Å². The average molecular weight is 321 g/mol. The zero-order chi connectivity index (χ0) is 16.9. The summed E-state index contributed by atoms with van der Waals surface area (Å²) in [5.74, 6) is 0.597.